The van der Waals surface area contributed by atoms with Gasteiger partial charge in [-0.05, 0) is 142 Å². The van der Waals surface area contributed by atoms with Crippen LogP contribution in [-0.4, -0.2) is 4.98 Å². The van der Waals surface area contributed by atoms with Gasteiger partial charge in [0, 0.05) is 15.3 Å². The number of para-hydroxylation sites is 2. The molecule has 0 fully saturated rings. The Hall–Kier alpha value is -7.59. The maximum Gasteiger partial charge on any atom is 0.227 e. The molecule has 0 unspecified atom stereocenters. The highest BCUT2D eigenvalue weighted by Crippen LogP contribution is 2.25. The van der Waals surface area contributed by atoms with E-state index in [1.54, 1.807) is 0 Å². The SMILES string of the molecule is C.C.C.C(=Cc1ccc(-c2nc3ccccc3o2)cc1)c1ccccc1.CC.CC.CC.CC=Cc1ccc(C)cc1.Cc1ccc(C)c2ccccc12.Cc1ccc(C)s1.Cc1ccc(C=Cc2ccc(C)cc2)cc1. The quantitative estimate of drug-likeness (QED) is 0.155. The molecule has 0 atom stereocenters. The van der Waals surface area contributed by atoms with Gasteiger partial charge in [0.1, 0.15) is 5.52 Å². The molecule has 2 aromatic heterocycles. The predicted octanol–water partition coefficient (Wildman–Crippen LogP) is 24.0. The van der Waals surface area contributed by atoms with Crippen LogP contribution in [0.25, 0.3) is 63.7 Å². The van der Waals surface area contributed by atoms with Crippen molar-refractivity contribution in [3.63, 3.8) is 0 Å². The number of aromatic nitrogens is 1. The summed E-state index contributed by atoms with van der Waals surface area (Å²) in [6.07, 6.45) is 12.6. The molecule has 0 saturated heterocycles. The monoisotopic (exact) mass is 1040 g/mol. The molecule has 0 spiro atoms. The van der Waals surface area contributed by atoms with Crippen molar-refractivity contribution in [2.45, 2.75) is 119 Å². The predicted molar refractivity (Wildman–Crippen MR) is 353 cm³/mol. The summed E-state index contributed by atoms with van der Waals surface area (Å²) >= 11 is 1.84. The van der Waals surface area contributed by atoms with Gasteiger partial charge in [0.05, 0.1) is 0 Å². The van der Waals surface area contributed by atoms with Crippen LogP contribution in [0.5, 0.6) is 0 Å². The van der Waals surface area contributed by atoms with E-state index in [1.807, 2.05) is 120 Å². The second-order valence-electron chi connectivity index (χ2n) is 16.8. The van der Waals surface area contributed by atoms with Crippen molar-refractivity contribution in [1.29, 1.82) is 0 Å². The third-order valence-corrected chi connectivity index (χ3v) is 11.9. The number of oxazole rings is 1. The van der Waals surface area contributed by atoms with E-state index in [0.29, 0.717) is 5.89 Å². The van der Waals surface area contributed by atoms with E-state index >= 15 is 0 Å². The first-order valence-electron chi connectivity index (χ1n) is 26.2. The Balaban J connectivity index is 0.000000950. The van der Waals surface area contributed by atoms with Gasteiger partial charge in [0.2, 0.25) is 5.89 Å². The summed E-state index contributed by atoms with van der Waals surface area (Å²) in [6.45, 7) is 28.9. The lowest BCUT2D eigenvalue weighted by Gasteiger charge is -2.03. The van der Waals surface area contributed by atoms with Crippen molar-refractivity contribution in [1.82, 2.24) is 4.98 Å². The number of rotatable bonds is 6. The molecule has 8 aromatic carbocycles. The zero-order chi connectivity index (χ0) is 54.1. The van der Waals surface area contributed by atoms with Crippen LogP contribution in [0.2, 0.25) is 0 Å². The molecule has 77 heavy (non-hydrogen) atoms. The van der Waals surface area contributed by atoms with Crippen LogP contribution < -0.4 is 0 Å². The summed E-state index contributed by atoms with van der Waals surface area (Å²) in [5, 5.41) is 2.75. The van der Waals surface area contributed by atoms with E-state index in [9.17, 15) is 0 Å². The van der Waals surface area contributed by atoms with Crippen molar-refractivity contribution in [3.05, 3.63) is 272 Å². The van der Waals surface area contributed by atoms with Crippen molar-refractivity contribution in [2.75, 3.05) is 0 Å². The maximum absolute atomic E-state index is 5.79. The summed E-state index contributed by atoms with van der Waals surface area (Å²) in [5.41, 5.74) is 15.4. The highest BCUT2D eigenvalue weighted by Gasteiger charge is 2.07. The van der Waals surface area contributed by atoms with Crippen molar-refractivity contribution in [3.8, 4) is 11.5 Å². The molecule has 0 radical (unpaired) electrons. The maximum atomic E-state index is 5.79. The van der Waals surface area contributed by atoms with Gasteiger partial charge in [-0.3, -0.25) is 0 Å². The van der Waals surface area contributed by atoms with E-state index in [1.165, 1.54) is 70.6 Å². The highest BCUT2D eigenvalue weighted by molar-refractivity contribution is 7.11. The second kappa shape index (κ2) is 39.8. The Kier molecular flexibility index (Phi) is 35.9. The average Bonchev–Trinajstić information content (AvgIpc) is 4.07. The molecule has 2 heterocycles. The van der Waals surface area contributed by atoms with Crippen LogP contribution in [0.3, 0.4) is 0 Å². The Morgan fingerprint density at radius 1 is 0.351 bits per heavy atom. The standard InChI is InChI=1S/C21H15NO.C16H16.C12H12.C10H12.C6H8S.3C2H6.3CH4/c1-2-6-16(7-3-1)10-11-17-12-14-18(15-13-17)21-22-19-8-4-5-9-20(19)23-21;1-13-3-7-15(8-4-13)11-12-16-9-5-14(2)6-10-16;1-9-7-8-10(2)12-6-4-3-5-11(9)12;1-3-4-10-7-5-9(2)6-8-10;1-5-3-4-6(2)7-5;3*1-2;;;/h1-15H;3-12H,1-2H3;3-8H,1-2H3;3-8H,1-2H3;3-4H,1-2H3;3*1-2H3;3*1H4. The molecule has 0 aliphatic rings. The molecule has 0 aliphatic heterocycles. The molecule has 0 saturated carbocycles. The highest BCUT2D eigenvalue weighted by atomic mass is 32.1. The fourth-order valence-corrected chi connectivity index (χ4v) is 7.84. The zero-order valence-electron chi connectivity index (χ0n) is 46.8. The summed E-state index contributed by atoms with van der Waals surface area (Å²) in [5.74, 6) is 0.657. The van der Waals surface area contributed by atoms with E-state index in [2.05, 4.69) is 229 Å². The number of thiophene rings is 1. The molecule has 10 rings (SSSR count). The molecule has 406 valence electrons. The van der Waals surface area contributed by atoms with Crippen molar-refractivity contribution in [2.24, 2.45) is 0 Å². The van der Waals surface area contributed by atoms with E-state index in [4.69, 9.17) is 4.42 Å². The van der Waals surface area contributed by atoms with Crippen LogP contribution >= 0.6 is 11.3 Å². The number of aryl methyl sites for hydroxylation is 7. The van der Waals surface area contributed by atoms with Crippen LogP contribution in [0.4, 0.5) is 0 Å². The Bertz CT molecular complexity index is 3010. The summed E-state index contributed by atoms with van der Waals surface area (Å²) in [6, 6.07) is 69.0. The van der Waals surface area contributed by atoms with E-state index in [0.717, 1.165) is 22.2 Å². The fourth-order valence-electron chi connectivity index (χ4n) is 7.06. The lowest BCUT2D eigenvalue weighted by Crippen LogP contribution is -1.80. The average molecular weight is 1040 g/mol. The van der Waals surface area contributed by atoms with Gasteiger partial charge < -0.3 is 4.42 Å². The number of benzene rings is 8. The molecule has 2 nitrogen and oxygen atoms in total. The molecule has 0 bridgehead atoms. The first-order chi connectivity index (χ1) is 36.0. The summed E-state index contributed by atoms with van der Waals surface area (Å²) in [7, 11) is 0. The molecule has 0 amide bonds. The minimum absolute atomic E-state index is 0. The van der Waals surface area contributed by atoms with Gasteiger partial charge in [0.15, 0.2) is 5.58 Å². The summed E-state index contributed by atoms with van der Waals surface area (Å²) < 4.78 is 5.79. The summed E-state index contributed by atoms with van der Waals surface area (Å²) in [4.78, 5) is 7.32. The van der Waals surface area contributed by atoms with Gasteiger partial charge >= 0.3 is 0 Å². The molecule has 10 aromatic rings. The van der Waals surface area contributed by atoms with Crippen molar-refractivity contribution < 1.29 is 4.42 Å². The Morgan fingerprint density at radius 3 is 1.05 bits per heavy atom. The normalized spacial score (nSPS) is 9.74. The Morgan fingerprint density at radius 2 is 0.688 bits per heavy atom. The lowest BCUT2D eigenvalue weighted by atomic mass is 10.0. The third-order valence-electron chi connectivity index (χ3n) is 11.0. The Labute approximate surface area is 472 Å². The molecule has 0 N–H and O–H groups in total. The third kappa shape index (κ3) is 25.2. The van der Waals surface area contributed by atoms with Crippen LogP contribution in [0.1, 0.15) is 136 Å². The lowest BCUT2D eigenvalue weighted by molar-refractivity contribution is 0.620. The zero-order valence-corrected chi connectivity index (χ0v) is 47.6. The smallest absolute Gasteiger partial charge is 0.227 e. The van der Waals surface area contributed by atoms with Gasteiger partial charge in [-0.2, -0.15) is 0 Å². The fraction of sp³-hybridized carbons (Fsp3) is 0.230. The van der Waals surface area contributed by atoms with E-state index < -0.39 is 0 Å². The number of hydrogen-bond acceptors (Lipinski definition) is 3. The van der Waals surface area contributed by atoms with E-state index in [-0.39, 0.29) is 22.3 Å². The molecular weight excluding hydrogens is 951 g/mol. The first-order valence-corrected chi connectivity index (χ1v) is 27.0. The minimum Gasteiger partial charge on any atom is -0.436 e. The van der Waals surface area contributed by atoms with Gasteiger partial charge in [0.25, 0.3) is 0 Å². The van der Waals surface area contributed by atoms with Gasteiger partial charge in [-0.1, -0.05) is 281 Å². The van der Waals surface area contributed by atoms with Crippen LogP contribution in [0, 0.1) is 48.5 Å². The van der Waals surface area contributed by atoms with Gasteiger partial charge in [-0.15, -0.1) is 11.3 Å². The second-order valence-corrected chi connectivity index (χ2v) is 18.3. The van der Waals surface area contributed by atoms with Gasteiger partial charge in [-0.25, -0.2) is 4.98 Å². The van der Waals surface area contributed by atoms with Crippen LogP contribution in [-0.2, 0) is 0 Å². The van der Waals surface area contributed by atoms with Crippen LogP contribution in [0.15, 0.2) is 211 Å². The topological polar surface area (TPSA) is 26.0 Å². The first kappa shape index (κ1) is 69.4. The molecular formula is C74H93NOS. The number of hydrogen-bond donors (Lipinski definition) is 0. The molecule has 0 aliphatic carbocycles. The number of nitrogens with zero attached hydrogens (tertiary/aromatic N) is 1. The minimum atomic E-state index is 0. The largest absolute Gasteiger partial charge is 0.436 e. The molecule has 3 heteroatoms. The number of allylic oxidation sites excluding steroid dienone is 1. The van der Waals surface area contributed by atoms with Crippen molar-refractivity contribution >= 4 is 63.6 Å². The number of fused-ring (bicyclic) bond motifs is 2.